The van der Waals surface area contributed by atoms with Crippen LogP contribution >= 0.6 is 0 Å². The molecule has 0 radical (unpaired) electrons. The molecule has 0 aromatic heterocycles. The topological polar surface area (TPSA) is 50.4 Å². The molecule has 1 unspecified atom stereocenters. The molecule has 0 aliphatic carbocycles. The molecule has 1 aliphatic heterocycles. The minimum absolute atomic E-state index is 0.251. The Hall–Kier alpha value is -1.09. The Morgan fingerprint density at radius 1 is 1.56 bits per heavy atom. The summed E-state index contributed by atoms with van der Waals surface area (Å²) >= 11 is 0. The van der Waals surface area contributed by atoms with Gasteiger partial charge in [-0.05, 0) is 5.92 Å². The summed E-state index contributed by atoms with van der Waals surface area (Å²) in [4.78, 5) is 11.7. The second-order valence-electron chi connectivity index (χ2n) is 4.33. The van der Waals surface area contributed by atoms with Gasteiger partial charge in [-0.3, -0.25) is 0 Å². The van der Waals surface area contributed by atoms with Crippen molar-refractivity contribution >= 4 is 5.97 Å². The highest BCUT2D eigenvalue weighted by Gasteiger charge is 2.22. The highest BCUT2D eigenvalue weighted by molar-refractivity contribution is 5.77. The maximum atomic E-state index is 11.7. The van der Waals surface area contributed by atoms with Crippen LogP contribution in [0.4, 0.5) is 0 Å². The monoisotopic (exact) mass is 224 g/mol. The molecule has 1 fully saturated rings. The Morgan fingerprint density at radius 3 is 2.81 bits per heavy atom. The molecule has 1 aliphatic rings. The van der Waals surface area contributed by atoms with Crippen molar-refractivity contribution < 1.29 is 9.53 Å². The van der Waals surface area contributed by atoms with E-state index in [2.05, 4.69) is 36.8 Å². The fourth-order valence-corrected chi connectivity index (χ4v) is 1.53. The van der Waals surface area contributed by atoms with Gasteiger partial charge >= 0.3 is 5.97 Å². The number of piperazine rings is 1. The average Bonchev–Trinajstić information content (AvgIpc) is 2.28. The van der Waals surface area contributed by atoms with Gasteiger partial charge in [0, 0.05) is 26.1 Å². The third kappa shape index (κ3) is 4.19. The maximum Gasteiger partial charge on any atom is 0.330 e. The molecule has 1 saturated heterocycles. The van der Waals surface area contributed by atoms with Crippen LogP contribution in [0.3, 0.4) is 0 Å². The molecule has 4 nitrogen and oxygen atoms in total. The van der Waals surface area contributed by atoms with Gasteiger partial charge in [0.25, 0.3) is 0 Å². The van der Waals surface area contributed by atoms with Crippen molar-refractivity contribution in [1.29, 1.82) is 0 Å². The summed E-state index contributed by atoms with van der Waals surface area (Å²) < 4.78 is 5.25. The van der Waals surface area contributed by atoms with Crippen LogP contribution in [0.5, 0.6) is 0 Å². The first-order valence-electron chi connectivity index (χ1n) is 5.68. The summed E-state index contributed by atoms with van der Waals surface area (Å²) in [5.41, 5.74) is 2.68. The third-order valence-corrected chi connectivity index (χ3v) is 2.34. The number of ether oxygens (including phenoxy) is 1. The van der Waals surface area contributed by atoms with Gasteiger partial charge in [-0.25, -0.2) is 4.79 Å². The normalized spacial score (nSPS) is 20.3. The number of hydrogen-bond donors (Lipinski definition) is 2. The van der Waals surface area contributed by atoms with Gasteiger partial charge < -0.3 is 15.4 Å². The zero-order valence-corrected chi connectivity index (χ0v) is 10.0. The third-order valence-electron chi connectivity index (χ3n) is 2.34. The summed E-state index contributed by atoms with van der Waals surface area (Å²) in [6.07, 6.45) is 0.690. The summed E-state index contributed by atoms with van der Waals surface area (Å²) in [7, 11) is 0. The lowest BCUT2D eigenvalue weighted by Gasteiger charge is -2.23. The van der Waals surface area contributed by atoms with Gasteiger partial charge in [-0.2, -0.15) is 0 Å². The van der Waals surface area contributed by atoms with Crippen LogP contribution in [0.15, 0.2) is 18.1 Å². The van der Waals surface area contributed by atoms with Gasteiger partial charge in [0.05, 0.1) is 0 Å². The Bertz CT molecular complexity index is 287. The highest BCUT2D eigenvalue weighted by Crippen LogP contribution is 2.11. The quantitative estimate of drug-likeness (QED) is 0.421. The SMILES string of the molecule is C=C=C(CC(C)C)OC(=O)C1CNCCN1. The molecule has 16 heavy (non-hydrogen) atoms. The predicted octanol–water partition coefficient (Wildman–Crippen LogP) is 0.806. The van der Waals surface area contributed by atoms with E-state index in [1.807, 2.05) is 0 Å². The van der Waals surface area contributed by atoms with Crippen molar-refractivity contribution in [2.45, 2.75) is 26.3 Å². The second-order valence-corrected chi connectivity index (χ2v) is 4.33. The number of rotatable bonds is 4. The van der Waals surface area contributed by atoms with E-state index in [0.717, 1.165) is 13.1 Å². The molecule has 0 spiro atoms. The van der Waals surface area contributed by atoms with Crippen LogP contribution in [0.25, 0.3) is 0 Å². The molecule has 4 heteroatoms. The summed E-state index contributed by atoms with van der Waals surface area (Å²) in [6.45, 7) is 9.95. The van der Waals surface area contributed by atoms with Gasteiger partial charge in [0.15, 0.2) is 0 Å². The van der Waals surface area contributed by atoms with Crippen LogP contribution in [-0.2, 0) is 9.53 Å². The average molecular weight is 224 g/mol. The lowest BCUT2D eigenvalue weighted by Crippen LogP contribution is -2.52. The van der Waals surface area contributed by atoms with Gasteiger partial charge in [-0.1, -0.05) is 26.2 Å². The number of esters is 1. The van der Waals surface area contributed by atoms with E-state index in [1.54, 1.807) is 0 Å². The first-order chi connectivity index (χ1) is 7.63. The molecule has 1 rings (SSSR count). The van der Waals surface area contributed by atoms with Crippen molar-refractivity contribution in [1.82, 2.24) is 10.6 Å². The zero-order valence-electron chi connectivity index (χ0n) is 10.0. The highest BCUT2D eigenvalue weighted by atomic mass is 16.5. The van der Waals surface area contributed by atoms with Crippen molar-refractivity contribution in [3.63, 3.8) is 0 Å². The predicted molar refractivity (Wildman–Crippen MR) is 62.9 cm³/mol. The van der Waals surface area contributed by atoms with Crippen molar-refractivity contribution in [2.24, 2.45) is 5.92 Å². The minimum Gasteiger partial charge on any atom is -0.421 e. The Balaban J connectivity index is 2.45. The molecule has 0 bridgehead atoms. The van der Waals surface area contributed by atoms with E-state index >= 15 is 0 Å². The largest absolute Gasteiger partial charge is 0.421 e. The lowest BCUT2D eigenvalue weighted by molar-refractivity contribution is -0.142. The molecule has 2 N–H and O–H groups in total. The van der Waals surface area contributed by atoms with Crippen LogP contribution in [-0.4, -0.2) is 31.6 Å². The van der Waals surface area contributed by atoms with Gasteiger partial charge in [-0.15, -0.1) is 0 Å². The molecule has 0 aromatic rings. The van der Waals surface area contributed by atoms with Crippen molar-refractivity contribution in [2.75, 3.05) is 19.6 Å². The molecular formula is C12H20N2O2. The lowest BCUT2D eigenvalue weighted by atomic mass is 10.1. The first kappa shape index (κ1) is 13.0. The number of carbonyl (C=O) groups excluding carboxylic acids is 1. The van der Waals surface area contributed by atoms with E-state index in [0.29, 0.717) is 24.6 Å². The van der Waals surface area contributed by atoms with E-state index < -0.39 is 0 Å². The van der Waals surface area contributed by atoms with E-state index in [9.17, 15) is 4.79 Å². The number of hydrogen-bond acceptors (Lipinski definition) is 4. The molecule has 1 heterocycles. The molecule has 0 aromatic carbocycles. The summed E-state index contributed by atoms with van der Waals surface area (Å²) in [5, 5.41) is 6.24. The van der Waals surface area contributed by atoms with Crippen LogP contribution < -0.4 is 10.6 Å². The Morgan fingerprint density at radius 2 is 2.31 bits per heavy atom. The second kappa shape index (κ2) is 6.48. The van der Waals surface area contributed by atoms with Gasteiger partial charge in [0.1, 0.15) is 11.8 Å². The minimum atomic E-state index is -0.260. The number of nitrogens with one attached hydrogen (secondary N) is 2. The molecule has 1 atom stereocenters. The summed E-state index contributed by atoms with van der Waals surface area (Å²) in [6, 6.07) is -0.260. The van der Waals surface area contributed by atoms with E-state index in [4.69, 9.17) is 4.74 Å². The van der Waals surface area contributed by atoms with Crippen LogP contribution in [0.2, 0.25) is 0 Å². The molecule has 90 valence electrons. The molecular weight excluding hydrogens is 204 g/mol. The fourth-order valence-electron chi connectivity index (χ4n) is 1.53. The fraction of sp³-hybridized carbons (Fsp3) is 0.667. The first-order valence-corrected chi connectivity index (χ1v) is 5.68. The van der Waals surface area contributed by atoms with Crippen LogP contribution in [0, 0.1) is 5.92 Å². The maximum absolute atomic E-state index is 11.7. The van der Waals surface area contributed by atoms with Gasteiger partial charge in [0.2, 0.25) is 0 Å². The zero-order chi connectivity index (χ0) is 12.0. The Kier molecular flexibility index (Phi) is 5.26. The number of carbonyl (C=O) groups is 1. The van der Waals surface area contributed by atoms with Crippen molar-refractivity contribution in [3.8, 4) is 0 Å². The standard InChI is InChI=1S/C12H20N2O2/c1-4-10(7-9(2)3)16-12(15)11-8-13-5-6-14-11/h9,11,13-14H,1,5-8H2,2-3H3. The van der Waals surface area contributed by atoms with E-state index in [-0.39, 0.29) is 12.0 Å². The smallest absolute Gasteiger partial charge is 0.330 e. The van der Waals surface area contributed by atoms with Crippen molar-refractivity contribution in [3.05, 3.63) is 18.1 Å². The summed E-state index contributed by atoms with van der Waals surface area (Å²) in [5.74, 6) is 0.709. The van der Waals surface area contributed by atoms with Crippen LogP contribution in [0.1, 0.15) is 20.3 Å². The molecule has 0 amide bonds. The Labute approximate surface area is 96.7 Å². The number of allylic oxidation sites excluding steroid dienone is 1. The molecule has 0 saturated carbocycles. The van der Waals surface area contributed by atoms with E-state index in [1.165, 1.54) is 0 Å².